The van der Waals surface area contributed by atoms with Crippen LogP contribution in [0.5, 0.6) is 0 Å². The maximum absolute atomic E-state index is 6.36. The normalized spacial score (nSPS) is 13.2. The summed E-state index contributed by atoms with van der Waals surface area (Å²) in [7, 11) is -1.70. The third kappa shape index (κ3) is 8.98. The molecule has 1 atom stereocenters. The maximum atomic E-state index is 6.36. The van der Waals surface area contributed by atoms with Gasteiger partial charge in [0.1, 0.15) is 0 Å². The molecule has 0 aliphatic carbocycles. The second kappa shape index (κ2) is 10.1. The standard InChI is InChI=1S/C16H31OSi.Li/c1-8-10-11-12-14-15(13-9-2)17-18(6,7)16(3,4)5;/h9,15H,8,10-11,13H2,1-7H3;/q-1;+1/t15-;/m0./s1. The molecule has 0 N–H and O–H groups in total. The van der Waals surface area contributed by atoms with Crippen LogP contribution in [-0.2, 0) is 4.43 Å². The fourth-order valence-corrected chi connectivity index (χ4v) is 2.55. The van der Waals surface area contributed by atoms with Crippen LogP contribution in [-0.4, -0.2) is 14.4 Å². The minimum Gasteiger partial charge on any atom is -0.406 e. The molecule has 0 rings (SSSR count). The molecule has 0 saturated carbocycles. The van der Waals surface area contributed by atoms with Crippen molar-refractivity contribution < 1.29 is 23.3 Å². The molecule has 0 saturated heterocycles. The van der Waals surface area contributed by atoms with Crippen molar-refractivity contribution >= 4 is 8.32 Å². The van der Waals surface area contributed by atoms with Gasteiger partial charge in [0.15, 0.2) is 8.32 Å². The molecule has 106 valence electrons. The van der Waals surface area contributed by atoms with E-state index in [-0.39, 0.29) is 30.0 Å². The van der Waals surface area contributed by atoms with Gasteiger partial charge in [0.25, 0.3) is 0 Å². The van der Waals surface area contributed by atoms with Crippen LogP contribution in [0.4, 0.5) is 0 Å². The van der Waals surface area contributed by atoms with E-state index in [0.717, 1.165) is 12.8 Å². The molecule has 0 unspecified atom stereocenters. The van der Waals surface area contributed by atoms with Crippen molar-refractivity contribution in [2.75, 3.05) is 0 Å². The van der Waals surface area contributed by atoms with Crippen LogP contribution >= 0.6 is 0 Å². The van der Waals surface area contributed by atoms with Gasteiger partial charge in [-0.1, -0.05) is 40.0 Å². The Morgan fingerprint density at radius 2 is 1.84 bits per heavy atom. The van der Waals surface area contributed by atoms with E-state index < -0.39 is 8.32 Å². The fraction of sp³-hybridized carbons (Fsp3) is 0.812. The van der Waals surface area contributed by atoms with Crippen molar-refractivity contribution in [3.63, 3.8) is 0 Å². The molecule has 0 aliphatic rings. The van der Waals surface area contributed by atoms with Crippen molar-refractivity contribution in [3.05, 3.63) is 6.42 Å². The third-order valence-corrected chi connectivity index (χ3v) is 8.10. The first-order valence-electron chi connectivity index (χ1n) is 7.18. The first kappa shape index (κ1) is 21.6. The Balaban J connectivity index is 0. The SMILES string of the molecule is C[CH-]C[C@@H](C#CCCCC)O[Si](C)(C)C(C)(C)C.[Li+]. The second-order valence-electron chi connectivity index (χ2n) is 6.44. The number of hydrogen-bond acceptors (Lipinski definition) is 1. The molecule has 0 aliphatic heterocycles. The summed E-state index contributed by atoms with van der Waals surface area (Å²) < 4.78 is 6.36. The van der Waals surface area contributed by atoms with Crippen molar-refractivity contribution in [2.45, 2.75) is 84.5 Å². The first-order valence-corrected chi connectivity index (χ1v) is 10.1. The van der Waals surface area contributed by atoms with Gasteiger partial charge >= 0.3 is 18.9 Å². The molecule has 0 heterocycles. The van der Waals surface area contributed by atoms with Crippen LogP contribution in [0.1, 0.15) is 60.3 Å². The Kier molecular flexibility index (Phi) is 11.5. The third-order valence-electron chi connectivity index (χ3n) is 3.61. The van der Waals surface area contributed by atoms with E-state index in [1.807, 2.05) is 0 Å². The molecule has 0 bridgehead atoms. The van der Waals surface area contributed by atoms with E-state index in [0.29, 0.717) is 0 Å². The molecule has 3 heteroatoms. The smallest absolute Gasteiger partial charge is 0.406 e. The van der Waals surface area contributed by atoms with Gasteiger partial charge in [-0.05, 0) is 24.6 Å². The van der Waals surface area contributed by atoms with Gasteiger partial charge in [0.2, 0.25) is 0 Å². The Hall–Kier alpha value is 0.334. The van der Waals surface area contributed by atoms with Gasteiger partial charge in [-0.15, -0.1) is 12.3 Å². The van der Waals surface area contributed by atoms with Gasteiger partial charge in [0.05, 0.1) is 6.10 Å². The van der Waals surface area contributed by atoms with E-state index in [2.05, 4.69) is 66.0 Å². The molecule has 0 radical (unpaired) electrons. The topological polar surface area (TPSA) is 9.23 Å². The summed E-state index contributed by atoms with van der Waals surface area (Å²) in [4.78, 5) is 0. The number of hydrogen-bond donors (Lipinski definition) is 0. The molecule has 0 aromatic carbocycles. The predicted octanol–water partition coefficient (Wildman–Crippen LogP) is 2.19. The largest absolute Gasteiger partial charge is 1.00 e. The molecule has 19 heavy (non-hydrogen) atoms. The van der Waals surface area contributed by atoms with Crippen LogP contribution in [0, 0.1) is 18.3 Å². The van der Waals surface area contributed by atoms with Crippen LogP contribution < -0.4 is 18.9 Å². The van der Waals surface area contributed by atoms with E-state index in [9.17, 15) is 0 Å². The zero-order chi connectivity index (χ0) is 14.2. The Bertz CT molecular complexity index is 283. The molecule has 0 aromatic rings. The summed E-state index contributed by atoms with van der Waals surface area (Å²) in [6.45, 7) is 15.7. The van der Waals surface area contributed by atoms with Crippen molar-refractivity contribution in [1.29, 1.82) is 0 Å². The van der Waals surface area contributed by atoms with Crippen molar-refractivity contribution in [1.82, 2.24) is 0 Å². The van der Waals surface area contributed by atoms with E-state index in [1.54, 1.807) is 0 Å². The molecule has 0 aromatic heterocycles. The van der Waals surface area contributed by atoms with Gasteiger partial charge in [-0.25, -0.2) is 0 Å². The molecular formula is C16H31LiOSi. The van der Waals surface area contributed by atoms with Crippen LogP contribution in [0.15, 0.2) is 0 Å². The van der Waals surface area contributed by atoms with E-state index in [4.69, 9.17) is 4.43 Å². The molecular weight excluding hydrogens is 243 g/mol. The van der Waals surface area contributed by atoms with Gasteiger partial charge < -0.3 is 10.8 Å². The summed E-state index contributed by atoms with van der Waals surface area (Å²) in [5.74, 6) is 6.59. The summed E-state index contributed by atoms with van der Waals surface area (Å²) >= 11 is 0. The first-order chi connectivity index (χ1) is 8.24. The fourth-order valence-electron chi connectivity index (χ4n) is 1.33. The Morgan fingerprint density at radius 3 is 2.26 bits per heavy atom. The summed E-state index contributed by atoms with van der Waals surface area (Å²) in [6, 6.07) is 0. The minimum atomic E-state index is -1.70. The average Bonchev–Trinajstić information content (AvgIpc) is 2.22. The number of unbranched alkanes of at least 4 members (excludes halogenated alkanes) is 2. The summed E-state index contributed by atoms with van der Waals surface area (Å²) in [5.41, 5.74) is 0. The number of rotatable bonds is 6. The average molecular weight is 274 g/mol. The summed E-state index contributed by atoms with van der Waals surface area (Å²) in [6.07, 6.45) is 6.58. The van der Waals surface area contributed by atoms with Crippen LogP contribution in [0.2, 0.25) is 18.1 Å². The molecule has 1 nitrogen and oxygen atoms in total. The maximum Gasteiger partial charge on any atom is 1.00 e. The van der Waals surface area contributed by atoms with Gasteiger partial charge in [-0.3, -0.25) is 0 Å². The second-order valence-corrected chi connectivity index (χ2v) is 11.2. The van der Waals surface area contributed by atoms with E-state index in [1.165, 1.54) is 12.8 Å². The molecule has 0 spiro atoms. The van der Waals surface area contributed by atoms with Gasteiger partial charge in [-0.2, -0.15) is 6.92 Å². The van der Waals surface area contributed by atoms with Crippen LogP contribution in [0.3, 0.4) is 0 Å². The zero-order valence-electron chi connectivity index (χ0n) is 14.4. The van der Waals surface area contributed by atoms with Gasteiger partial charge in [0, 0.05) is 6.42 Å². The quantitative estimate of drug-likeness (QED) is 0.312. The predicted molar refractivity (Wildman–Crippen MR) is 84.0 cm³/mol. The van der Waals surface area contributed by atoms with Crippen molar-refractivity contribution in [3.8, 4) is 11.8 Å². The Labute approximate surface area is 134 Å². The molecule has 0 amide bonds. The monoisotopic (exact) mass is 274 g/mol. The molecule has 0 fully saturated rings. The van der Waals surface area contributed by atoms with Crippen molar-refractivity contribution in [2.24, 2.45) is 0 Å². The summed E-state index contributed by atoms with van der Waals surface area (Å²) in [5, 5.41) is 0.254. The van der Waals surface area contributed by atoms with E-state index >= 15 is 0 Å². The Morgan fingerprint density at radius 1 is 1.26 bits per heavy atom. The zero-order valence-corrected chi connectivity index (χ0v) is 15.4. The van der Waals surface area contributed by atoms with Crippen LogP contribution in [0.25, 0.3) is 0 Å². The minimum absolute atomic E-state index is 0.